The van der Waals surface area contributed by atoms with Gasteiger partial charge in [-0.1, -0.05) is 11.6 Å². The summed E-state index contributed by atoms with van der Waals surface area (Å²) < 4.78 is 21.4. The molecule has 0 saturated carbocycles. The van der Waals surface area contributed by atoms with Crippen molar-refractivity contribution in [1.29, 1.82) is 0 Å². The minimum Gasteiger partial charge on any atom is -0.352 e. The highest BCUT2D eigenvalue weighted by molar-refractivity contribution is 7.89. The number of carbonyl (C=O) groups is 1. The summed E-state index contributed by atoms with van der Waals surface area (Å²) in [5.74, 6) is -0.812. The van der Waals surface area contributed by atoms with E-state index in [0.717, 1.165) is 6.07 Å². The standard InChI is InChI=1S/C10H12ClN3O5S/c11-8-3-2-7(6-9(8)14(16)17)10(15)13-4-1-5-20(12,18)19/h2-3,6H,1,4-5H2,(H,13,15)(H2,12,18,19). The van der Waals surface area contributed by atoms with Gasteiger partial charge in [0.2, 0.25) is 10.0 Å². The van der Waals surface area contributed by atoms with Crippen LogP contribution in [-0.4, -0.2) is 31.5 Å². The first-order chi connectivity index (χ1) is 9.20. The molecular formula is C10H12ClN3O5S. The van der Waals surface area contributed by atoms with E-state index in [2.05, 4.69) is 5.32 Å². The number of hydrogen-bond donors (Lipinski definition) is 2. The summed E-state index contributed by atoms with van der Waals surface area (Å²) in [6, 6.07) is 3.64. The Morgan fingerprint density at radius 1 is 1.45 bits per heavy atom. The second-order valence-electron chi connectivity index (χ2n) is 3.90. The molecule has 110 valence electrons. The molecule has 0 spiro atoms. The van der Waals surface area contributed by atoms with Crippen LogP contribution in [0.2, 0.25) is 5.02 Å². The molecule has 1 aromatic carbocycles. The SMILES string of the molecule is NS(=O)(=O)CCCNC(=O)c1ccc(Cl)c([N+](=O)[O-])c1. The van der Waals surface area contributed by atoms with Crippen LogP contribution in [0.5, 0.6) is 0 Å². The minimum absolute atomic E-state index is 0.0664. The predicted octanol–water partition coefficient (Wildman–Crippen LogP) is 0.657. The van der Waals surface area contributed by atoms with Gasteiger partial charge in [-0.25, -0.2) is 13.6 Å². The molecule has 10 heteroatoms. The average Bonchev–Trinajstić information content (AvgIpc) is 2.33. The first-order valence-corrected chi connectivity index (χ1v) is 7.52. The molecule has 20 heavy (non-hydrogen) atoms. The Hall–Kier alpha value is -1.71. The number of primary sulfonamides is 1. The summed E-state index contributed by atoms with van der Waals surface area (Å²) >= 11 is 5.62. The summed E-state index contributed by atoms with van der Waals surface area (Å²) in [6.45, 7) is 0.0890. The van der Waals surface area contributed by atoms with Crippen molar-refractivity contribution in [3.8, 4) is 0 Å². The molecule has 0 aliphatic carbocycles. The number of nitrogens with two attached hydrogens (primary N) is 1. The van der Waals surface area contributed by atoms with E-state index < -0.39 is 20.9 Å². The van der Waals surface area contributed by atoms with Crippen molar-refractivity contribution in [1.82, 2.24) is 5.32 Å². The van der Waals surface area contributed by atoms with E-state index in [-0.39, 0.29) is 35.0 Å². The third-order valence-corrected chi connectivity index (χ3v) is 3.47. The Morgan fingerprint density at radius 3 is 2.65 bits per heavy atom. The van der Waals surface area contributed by atoms with E-state index in [4.69, 9.17) is 16.7 Å². The molecule has 0 unspecified atom stereocenters. The van der Waals surface area contributed by atoms with Crippen molar-refractivity contribution in [3.05, 3.63) is 38.9 Å². The lowest BCUT2D eigenvalue weighted by Gasteiger charge is -2.05. The van der Waals surface area contributed by atoms with Crippen LogP contribution in [0.1, 0.15) is 16.8 Å². The molecule has 0 fully saturated rings. The Bertz CT molecular complexity index is 632. The summed E-state index contributed by atoms with van der Waals surface area (Å²) in [5.41, 5.74) is -0.305. The van der Waals surface area contributed by atoms with E-state index in [0.29, 0.717) is 0 Å². The lowest BCUT2D eigenvalue weighted by molar-refractivity contribution is -0.384. The van der Waals surface area contributed by atoms with Crippen molar-refractivity contribution in [3.63, 3.8) is 0 Å². The first kappa shape index (κ1) is 16.3. The monoisotopic (exact) mass is 321 g/mol. The zero-order valence-corrected chi connectivity index (χ0v) is 11.8. The highest BCUT2D eigenvalue weighted by atomic mass is 35.5. The van der Waals surface area contributed by atoms with Crippen LogP contribution in [0.3, 0.4) is 0 Å². The highest BCUT2D eigenvalue weighted by Gasteiger charge is 2.16. The van der Waals surface area contributed by atoms with Crippen LogP contribution in [0.25, 0.3) is 0 Å². The number of rotatable bonds is 6. The van der Waals surface area contributed by atoms with Gasteiger partial charge in [-0.05, 0) is 18.6 Å². The van der Waals surface area contributed by atoms with E-state index in [9.17, 15) is 23.3 Å². The summed E-state index contributed by atoms with van der Waals surface area (Å²) in [6.07, 6.45) is 0.153. The first-order valence-electron chi connectivity index (χ1n) is 5.43. The largest absolute Gasteiger partial charge is 0.352 e. The molecule has 0 saturated heterocycles. The maximum atomic E-state index is 11.7. The Labute approximate surface area is 120 Å². The molecular weight excluding hydrogens is 310 g/mol. The predicted molar refractivity (Wildman–Crippen MR) is 73.0 cm³/mol. The number of nitrogens with zero attached hydrogens (tertiary/aromatic N) is 1. The van der Waals surface area contributed by atoms with Crippen molar-refractivity contribution >= 4 is 33.2 Å². The number of amides is 1. The Kier molecular flexibility index (Phi) is 5.43. The maximum Gasteiger partial charge on any atom is 0.288 e. The van der Waals surface area contributed by atoms with Crippen LogP contribution >= 0.6 is 11.6 Å². The van der Waals surface area contributed by atoms with Crippen LogP contribution in [-0.2, 0) is 10.0 Å². The molecule has 8 nitrogen and oxygen atoms in total. The molecule has 0 aromatic heterocycles. The maximum absolute atomic E-state index is 11.7. The second kappa shape index (κ2) is 6.64. The molecule has 0 aliphatic heterocycles. The van der Waals surface area contributed by atoms with Crippen molar-refractivity contribution in [2.24, 2.45) is 5.14 Å². The normalized spacial score (nSPS) is 11.1. The van der Waals surface area contributed by atoms with Gasteiger partial charge < -0.3 is 5.32 Å². The number of carbonyl (C=O) groups excluding carboxylic acids is 1. The van der Waals surface area contributed by atoms with Crippen LogP contribution in [0.15, 0.2) is 18.2 Å². The van der Waals surface area contributed by atoms with Crippen LogP contribution in [0.4, 0.5) is 5.69 Å². The zero-order valence-electron chi connectivity index (χ0n) is 10.2. The van der Waals surface area contributed by atoms with Gasteiger partial charge in [-0.15, -0.1) is 0 Å². The number of nitro benzene ring substituents is 1. The quantitative estimate of drug-likeness (QED) is 0.451. The highest BCUT2D eigenvalue weighted by Crippen LogP contribution is 2.24. The molecule has 3 N–H and O–H groups in total. The van der Waals surface area contributed by atoms with Gasteiger partial charge in [0, 0.05) is 18.2 Å². The van der Waals surface area contributed by atoms with Gasteiger partial charge >= 0.3 is 0 Å². The summed E-state index contributed by atoms with van der Waals surface area (Å²) in [7, 11) is -3.57. The fourth-order valence-corrected chi connectivity index (χ4v) is 2.10. The van der Waals surface area contributed by atoms with Crippen molar-refractivity contribution < 1.29 is 18.1 Å². The molecule has 1 aromatic rings. The molecule has 1 rings (SSSR count). The van der Waals surface area contributed by atoms with Gasteiger partial charge in [0.1, 0.15) is 5.02 Å². The third-order valence-electron chi connectivity index (χ3n) is 2.30. The topological polar surface area (TPSA) is 132 Å². The number of nitro groups is 1. The molecule has 0 bridgehead atoms. The van der Waals surface area contributed by atoms with Crippen molar-refractivity contribution in [2.75, 3.05) is 12.3 Å². The summed E-state index contributed by atoms with van der Waals surface area (Å²) in [5, 5.41) is 17.8. The Balaban J connectivity index is 2.64. The van der Waals surface area contributed by atoms with Gasteiger partial charge in [0.15, 0.2) is 0 Å². The number of hydrogen-bond acceptors (Lipinski definition) is 5. The lowest BCUT2D eigenvalue weighted by atomic mass is 10.2. The number of sulfonamides is 1. The number of halogens is 1. The minimum atomic E-state index is -3.57. The Morgan fingerprint density at radius 2 is 2.10 bits per heavy atom. The van der Waals surface area contributed by atoms with Gasteiger partial charge in [-0.2, -0.15) is 0 Å². The van der Waals surface area contributed by atoms with Crippen LogP contribution < -0.4 is 10.5 Å². The number of benzene rings is 1. The lowest BCUT2D eigenvalue weighted by Crippen LogP contribution is -2.27. The molecule has 0 heterocycles. The smallest absolute Gasteiger partial charge is 0.288 e. The van der Waals surface area contributed by atoms with E-state index >= 15 is 0 Å². The zero-order chi connectivity index (χ0) is 15.3. The van der Waals surface area contributed by atoms with E-state index in [1.807, 2.05) is 0 Å². The summed E-state index contributed by atoms with van der Waals surface area (Å²) in [4.78, 5) is 21.7. The van der Waals surface area contributed by atoms with E-state index in [1.54, 1.807) is 0 Å². The number of nitrogens with one attached hydrogen (secondary N) is 1. The molecule has 1 amide bonds. The third kappa shape index (κ3) is 5.11. The van der Waals surface area contributed by atoms with Crippen LogP contribution in [0, 0.1) is 10.1 Å². The fourth-order valence-electron chi connectivity index (χ4n) is 1.37. The second-order valence-corrected chi connectivity index (χ2v) is 6.04. The molecule has 0 aliphatic rings. The van der Waals surface area contributed by atoms with Gasteiger partial charge in [0.25, 0.3) is 11.6 Å². The average molecular weight is 322 g/mol. The fraction of sp³-hybridized carbons (Fsp3) is 0.300. The van der Waals surface area contributed by atoms with Gasteiger partial charge in [0.05, 0.1) is 10.7 Å². The molecule has 0 radical (unpaired) electrons. The molecule has 0 atom stereocenters. The van der Waals surface area contributed by atoms with Crippen molar-refractivity contribution in [2.45, 2.75) is 6.42 Å². The van der Waals surface area contributed by atoms with E-state index in [1.165, 1.54) is 12.1 Å². The van der Waals surface area contributed by atoms with Gasteiger partial charge in [-0.3, -0.25) is 14.9 Å².